The lowest BCUT2D eigenvalue weighted by molar-refractivity contribution is 0.546. The van der Waals surface area contributed by atoms with Gasteiger partial charge in [-0.25, -0.2) is 0 Å². The van der Waals surface area contributed by atoms with E-state index in [2.05, 4.69) is 25.3 Å². The van der Waals surface area contributed by atoms with Crippen LogP contribution in [-0.2, 0) is 0 Å². The molecule has 0 aromatic heterocycles. The van der Waals surface area contributed by atoms with Crippen LogP contribution < -0.4 is 0 Å². The summed E-state index contributed by atoms with van der Waals surface area (Å²) in [7, 11) is 0. The maximum absolute atomic E-state index is 2.38. The van der Waals surface area contributed by atoms with Crippen LogP contribution in [0.3, 0.4) is 0 Å². The van der Waals surface area contributed by atoms with E-state index >= 15 is 0 Å². The van der Waals surface area contributed by atoms with Crippen LogP contribution in [0.25, 0.3) is 0 Å². The Morgan fingerprint density at radius 3 is 2.46 bits per heavy atom. The summed E-state index contributed by atoms with van der Waals surface area (Å²) in [4.78, 5) is 0. The molecule has 0 nitrogen and oxygen atoms in total. The maximum atomic E-state index is 2.38. The van der Waals surface area contributed by atoms with Gasteiger partial charge in [0.05, 0.1) is 0 Å². The Balaban J connectivity index is 2.34. The van der Waals surface area contributed by atoms with Crippen molar-refractivity contribution in [2.24, 2.45) is 5.92 Å². The highest BCUT2D eigenvalue weighted by atomic mass is 32.2. The Morgan fingerprint density at radius 2 is 1.69 bits per heavy atom. The van der Waals surface area contributed by atoms with Crippen LogP contribution in [0.4, 0.5) is 0 Å². The van der Waals surface area contributed by atoms with E-state index < -0.39 is 0 Å². The van der Waals surface area contributed by atoms with Crippen molar-refractivity contribution < 1.29 is 0 Å². The van der Waals surface area contributed by atoms with Gasteiger partial charge in [-0.05, 0) is 24.2 Å². The minimum Gasteiger partial charge on any atom is -0.131 e. The van der Waals surface area contributed by atoms with Crippen LogP contribution in [0.2, 0.25) is 0 Å². The van der Waals surface area contributed by atoms with Crippen molar-refractivity contribution >= 4 is 11.8 Å². The van der Waals surface area contributed by atoms with Crippen molar-refractivity contribution in [3.63, 3.8) is 0 Å². The van der Waals surface area contributed by atoms with Gasteiger partial charge in [-0.3, -0.25) is 0 Å². The fourth-order valence-electron chi connectivity index (χ4n) is 1.73. The molecule has 2 atom stereocenters. The summed E-state index contributed by atoms with van der Waals surface area (Å²) in [5.41, 5.74) is 0. The number of thioether (sulfide) groups is 1. The Hall–Kier alpha value is 0.0900. The molecule has 0 aromatic carbocycles. The number of rotatable bonds is 0. The van der Waals surface area contributed by atoms with Gasteiger partial charge in [0, 0.05) is 5.25 Å². The van der Waals surface area contributed by atoms with Crippen molar-refractivity contribution in [2.75, 3.05) is 0 Å². The molecule has 0 aromatic rings. The van der Waals surface area contributed by atoms with Crippen molar-refractivity contribution in [3.05, 3.63) is 11.5 Å². The molecule has 0 N–H and O–H groups in total. The van der Waals surface area contributed by atoms with Crippen LogP contribution in [0.15, 0.2) is 11.5 Å². The largest absolute Gasteiger partial charge is 0.131 e. The topological polar surface area (TPSA) is 0 Å². The first-order valence-electron chi connectivity index (χ1n) is 5.61. The Kier molecular flexibility index (Phi) is 5.61. The predicted molar refractivity (Wildman–Crippen MR) is 63.1 cm³/mol. The molecule has 0 bridgehead atoms. The zero-order chi connectivity index (χ0) is 9.52. The molecule has 13 heavy (non-hydrogen) atoms. The van der Waals surface area contributed by atoms with Crippen molar-refractivity contribution in [1.29, 1.82) is 0 Å². The number of allylic oxidation sites excluding steroid dienone is 1. The zero-order valence-electron chi connectivity index (χ0n) is 8.96. The summed E-state index contributed by atoms with van der Waals surface area (Å²) < 4.78 is 0. The van der Waals surface area contributed by atoms with E-state index in [-0.39, 0.29) is 0 Å². The van der Waals surface area contributed by atoms with E-state index in [4.69, 9.17) is 0 Å². The Labute approximate surface area is 87.2 Å². The molecule has 1 heteroatoms. The standard InChI is InChI=1S/C12H22S/c1-11-7-5-3-4-6-8-12(2)13-10-9-11/h9-12H,3-8H2,1-2H3/b10-9-. The quantitative estimate of drug-likeness (QED) is 0.547. The van der Waals surface area contributed by atoms with Gasteiger partial charge in [0.1, 0.15) is 0 Å². The second kappa shape index (κ2) is 6.53. The van der Waals surface area contributed by atoms with Crippen LogP contribution in [0.1, 0.15) is 52.4 Å². The van der Waals surface area contributed by atoms with Crippen molar-refractivity contribution in [3.8, 4) is 0 Å². The molecule has 0 radical (unpaired) electrons. The molecular weight excluding hydrogens is 176 g/mol. The highest BCUT2D eigenvalue weighted by molar-refractivity contribution is 8.02. The molecule has 0 saturated heterocycles. The zero-order valence-corrected chi connectivity index (χ0v) is 9.78. The highest BCUT2D eigenvalue weighted by Crippen LogP contribution is 2.22. The predicted octanol–water partition coefficient (Wildman–Crippen LogP) is 4.61. The van der Waals surface area contributed by atoms with Gasteiger partial charge in [0.2, 0.25) is 0 Å². The van der Waals surface area contributed by atoms with Crippen molar-refractivity contribution in [2.45, 2.75) is 57.6 Å². The molecule has 1 aliphatic rings. The smallest absolute Gasteiger partial charge is 0.00600 e. The first kappa shape index (κ1) is 11.2. The van der Waals surface area contributed by atoms with Crippen LogP contribution in [-0.4, -0.2) is 5.25 Å². The van der Waals surface area contributed by atoms with E-state index in [0.717, 1.165) is 11.2 Å². The summed E-state index contributed by atoms with van der Waals surface area (Å²) in [5.74, 6) is 0.790. The second-order valence-corrected chi connectivity index (χ2v) is 5.59. The lowest BCUT2D eigenvalue weighted by atomic mass is 10.0. The van der Waals surface area contributed by atoms with Gasteiger partial charge in [-0.2, -0.15) is 0 Å². The fraction of sp³-hybridized carbons (Fsp3) is 0.833. The molecule has 0 aliphatic carbocycles. The second-order valence-electron chi connectivity index (χ2n) is 4.24. The highest BCUT2D eigenvalue weighted by Gasteiger charge is 2.03. The number of hydrogen-bond acceptors (Lipinski definition) is 1. The minimum absolute atomic E-state index is 0.790. The van der Waals surface area contributed by atoms with E-state index in [0.29, 0.717) is 0 Å². The summed E-state index contributed by atoms with van der Waals surface area (Å²) in [6, 6.07) is 0. The minimum atomic E-state index is 0.790. The summed E-state index contributed by atoms with van der Waals surface area (Å²) in [6.45, 7) is 4.68. The van der Waals surface area contributed by atoms with E-state index in [1.807, 2.05) is 11.8 Å². The molecule has 1 heterocycles. The summed E-state index contributed by atoms with van der Waals surface area (Å²) in [5, 5.41) is 3.14. The summed E-state index contributed by atoms with van der Waals surface area (Å²) >= 11 is 2.01. The van der Waals surface area contributed by atoms with Gasteiger partial charge in [-0.1, -0.05) is 45.6 Å². The third-order valence-corrected chi connectivity index (χ3v) is 3.75. The van der Waals surface area contributed by atoms with E-state index in [9.17, 15) is 0 Å². The van der Waals surface area contributed by atoms with Crippen LogP contribution in [0, 0.1) is 5.92 Å². The summed E-state index contributed by atoms with van der Waals surface area (Å²) in [6.07, 6.45) is 10.9. The molecule has 1 aliphatic heterocycles. The molecule has 1 rings (SSSR count). The van der Waals surface area contributed by atoms with Crippen molar-refractivity contribution in [1.82, 2.24) is 0 Å². The molecular formula is C12H22S. The molecule has 0 fully saturated rings. The van der Waals surface area contributed by atoms with Gasteiger partial charge in [-0.15, -0.1) is 11.8 Å². The van der Waals surface area contributed by atoms with Crippen LogP contribution >= 0.6 is 11.8 Å². The Bertz CT molecular complexity index is 151. The Morgan fingerprint density at radius 1 is 1.00 bits per heavy atom. The van der Waals surface area contributed by atoms with Crippen LogP contribution in [0.5, 0.6) is 0 Å². The van der Waals surface area contributed by atoms with Gasteiger partial charge < -0.3 is 0 Å². The van der Waals surface area contributed by atoms with E-state index in [1.54, 1.807) is 0 Å². The molecule has 0 spiro atoms. The average Bonchev–Trinajstić information content (AvgIpc) is 2.13. The first-order valence-corrected chi connectivity index (χ1v) is 6.55. The fourth-order valence-corrected chi connectivity index (χ4v) is 2.66. The molecule has 0 saturated carbocycles. The lowest BCUT2D eigenvalue weighted by Crippen LogP contribution is -1.93. The molecule has 2 unspecified atom stereocenters. The van der Waals surface area contributed by atoms with Gasteiger partial charge in [0.25, 0.3) is 0 Å². The molecule has 76 valence electrons. The third kappa shape index (κ3) is 5.41. The van der Waals surface area contributed by atoms with Gasteiger partial charge in [0.15, 0.2) is 0 Å². The first-order chi connectivity index (χ1) is 6.29. The van der Waals surface area contributed by atoms with E-state index in [1.165, 1.54) is 38.5 Å². The molecule has 0 amide bonds. The van der Waals surface area contributed by atoms with Gasteiger partial charge >= 0.3 is 0 Å². The monoisotopic (exact) mass is 198 g/mol. The normalized spacial score (nSPS) is 34.9. The average molecular weight is 198 g/mol. The number of hydrogen-bond donors (Lipinski definition) is 0. The SMILES string of the molecule is CC1/C=C\SC(C)CCCCCC1. The lowest BCUT2D eigenvalue weighted by Gasteiger charge is -2.06. The maximum Gasteiger partial charge on any atom is 0.00600 e. The third-order valence-electron chi connectivity index (χ3n) is 2.74.